The molecule has 1 amide bonds. The number of aryl methyl sites for hydroxylation is 1. The van der Waals surface area contributed by atoms with Crippen molar-refractivity contribution in [3.8, 4) is 0 Å². The molecule has 0 fully saturated rings. The van der Waals surface area contributed by atoms with Crippen molar-refractivity contribution in [3.63, 3.8) is 0 Å². The minimum Gasteiger partial charge on any atom is -0.376 e. The van der Waals surface area contributed by atoms with Gasteiger partial charge in [0.2, 0.25) is 0 Å². The number of para-hydroxylation sites is 1. The SMILES string of the molecule is Cc1ccccc1NCC(=O)N/N=C(\C=C\c1ccccc1)c1ccccc1. The highest BCUT2D eigenvalue weighted by molar-refractivity contribution is 6.11. The Balaban J connectivity index is 1.69. The first-order valence-electron chi connectivity index (χ1n) is 9.17. The van der Waals surface area contributed by atoms with Gasteiger partial charge in [0, 0.05) is 11.3 Å². The number of rotatable bonds is 7. The zero-order valence-corrected chi connectivity index (χ0v) is 15.8. The standard InChI is InChI=1S/C24H23N3O/c1-19-10-8-9-15-22(19)25-18-24(28)27-26-23(21-13-6-3-7-14-21)17-16-20-11-4-2-5-12-20/h2-17,25H,18H2,1H3,(H,27,28)/b17-16+,26-23+. The van der Waals surface area contributed by atoms with Gasteiger partial charge in [0.05, 0.1) is 12.3 Å². The Morgan fingerprint density at radius 2 is 1.54 bits per heavy atom. The maximum Gasteiger partial charge on any atom is 0.259 e. The lowest BCUT2D eigenvalue weighted by Gasteiger charge is -2.08. The van der Waals surface area contributed by atoms with Crippen molar-refractivity contribution in [2.24, 2.45) is 5.10 Å². The predicted octanol–water partition coefficient (Wildman–Crippen LogP) is 4.64. The van der Waals surface area contributed by atoms with Gasteiger partial charge >= 0.3 is 0 Å². The van der Waals surface area contributed by atoms with E-state index >= 15 is 0 Å². The van der Waals surface area contributed by atoms with E-state index in [0.29, 0.717) is 5.71 Å². The first-order chi connectivity index (χ1) is 13.7. The van der Waals surface area contributed by atoms with Gasteiger partial charge in [0.15, 0.2) is 0 Å². The maximum absolute atomic E-state index is 12.2. The van der Waals surface area contributed by atoms with E-state index in [9.17, 15) is 4.79 Å². The first kappa shape index (κ1) is 19.1. The van der Waals surface area contributed by atoms with Crippen molar-refractivity contribution in [1.29, 1.82) is 0 Å². The monoisotopic (exact) mass is 369 g/mol. The molecule has 140 valence electrons. The van der Waals surface area contributed by atoms with E-state index < -0.39 is 0 Å². The third kappa shape index (κ3) is 5.68. The van der Waals surface area contributed by atoms with Crippen LogP contribution in [0.2, 0.25) is 0 Å². The Labute approximate surface area is 165 Å². The second kappa shape index (κ2) is 9.88. The van der Waals surface area contributed by atoms with Crippen LogP contribution in [0.15, 0.2) is 96.1 Å². The summed E-state index contributed by atoms with van der Waals surface area (Å²) >= 11 is 0. The number of benzene rings is 3. The molecule has 0 heterocycles. The van der Waals surface area contributed by atoms with Crippen molar-refractivity contribution in [3.05, 3.63) is 108 Å². The summed E-state index contributed by atoms with van der Waals surface area (Å²) in [4.78, 5) is 12.2. The molecule has 0 spiro atoms. The summed E-state index contributed by atoms with van der Waals surface area (Å²) in [7, 11) is 0. The molecule has 0 radical (unpaired) electrons. The number of hydrazone groups is 1. The van der Waals surface area contributed by atoms with Gasteiger partial charge in [-0.1, -0.05) is 84.9 Å². The highest BCUT2D eigenvalue weighted by Crippen LogP contribution is 2.12. The van der Waals surface area contributed by atoms with Crippen molar-refractivity contribution in [2.45, 2.75) is 6.92 Å². The van der Waals surface area contributed by atoms with Crippen LogP contribution >= 0.6 is 0 Å². The van der Waals surface area contributed by atoms with Gasteiger partial charge in [-0.3, -0.25) is 4.79 Å². The van der Waals surface area contributed by atoms with Gasteiger partial charge in [0.25, 0.3) is 5.91 Å². The molecule has 0 aromatic heterocycles. The fourth-order valence-electron chi connectivity index (χ4n) is 2.66. The van der Waals surface area contributed by atoms with E-state index in [4.69, 9.17) is 0 Å². The molecule has 4 heteroatoms. The van der Waals surface area contributed by atoms with Gasteiger partial charge in [-0.2, -0.15) is 5.10 Å². The quantitative estimate of drug-likeness (QED) is 0.471. The summed E-state index contributed by atoms with van der Waals surface area (Å²) in [5.74, 6) is -0.204. The van der Waals surface area contributed by atoms with Gasteiger partial charge < -0.3 is 5.32 Å². The summed E-state index contributed by atoms with van der Waals surface area (Å²) in [5, 5.41) is 7.47. The predicted molar refractivity (Wildman–Crippen MR) is 116 cm³/mol. The zero-order valence-electron chi connectivity index (χ0n) is 15.8. The third-order valence-corrected chi connectivity index (χ3v) is 4.19. The summed E-state index contributed by atoms with van der Waals surface area (Å²) in [6, 6.07) is 27.6. The smallest absolute Gasteiger partial charge is 0.259 e. The molecule has 0 aliphatic rings. The molecule has 0 aliphatic heterocycles. The van der Waals surface area contributed by atoms with E-state index in [1.807, 2.05) is 104 Å². The van der Waals surface area contributed by atoms with Crippen molar-refractivity contribution in [2.75, 3.05) is 11.9 Å². The van der Waals surface area contributed by atoms with Crippen LogP contribution in [-0.4, -0.2) is 18.2 Å². The number of nitrogens with one attached hydrogen (secondary N) is 2. The second-order valence-electron chi connectivity index (χ2n) is 6.31. The van der Waals surface area contributed by atoms with E-state index in [2.05, 4.69) is 15.8 Å². The molecule has 0 saturated heterocycles. The van der Waals surface area contributed by atoms with Gasteiger partial charge in [-0.05, 0) is 30.2 Å². The number of hydrogen-bond donors (Lipinski definition) is 2. The number of nitrogens with zero attached hydrogens (tertiary/aromatic N) is 1. The molecule has 28 heavy (non-hydrogen) atoms. The van der Waals surface area contributed by atoms with Crippen LogP contribution in [-0.2, 0) is 4.79 Å². The van der Waals surface area contributed by atoms with Crippen LogP contribution in [0.3, 0.4) is 0 Å². The molecule has 3 rings (SSSR count). The van der Waals surface area contributed by atoms with E-state index in [-0.39, 0.29) is 12.5 Å². The number of anilines is 1. The number of hydrogen-bond acceptors (Lipinski definition) is 3. The number of allylic oxidation sites excluding steroid dienone is 1. The Hall–Kier alpha value is -3.66. The molecule has 0 atom stereocenters. The molecule has 3 aromatic carbocycles. The van der Waals surface area contributed by atoms with E-state index in [1.54, 1.807) is 0 Å². The molecule has 0 aliphatic carbocycles. The lowest BCUT2D eigenvalue weighted by Crippen LogP contribution is -2.27. The molecular formula is C24H23N3O. The number of amides is 1. The molecule has 0 bridgehead atoms. The number of carbonyl (C=O) groups excluding carboxylic acids is 1. The minimum absolute atomic E-state index is 0.152. The molecule has 2 N–H and O–H groups in total. The summed E-state index contributed by atoms with van der Waals surface area (Å²) in [6.45, 7) is 2.15. The fraction of sp³-hybridized carbons (Fsp3) is 0.0833. The zero-order chi connectivity index (χ0) is 19.6. The Bertz CT molecular complexity index is 963. The summed E-state index contributed by atoms with van der Waals surface area (Å²) < 4.78 is 0. The van der Waals surface area contributed by atoms with Crippen molar-refractivity contribution < 1.29 is 4.79 Å². The molecule has 3 aromatic rings. The van der Waals surface area contributed by atoms with Crippen LogP contribution in [0.4, 0.5) is 5.69 Å². The van der Waals surface area contributed by atoms with Gasteiger partial charge in [0.1, 0.15) is 0 Å². The van der Waals surface area contributed by atoms with Gasteiger partial charge in [-0.15, -0.1) is 0 Å². The molecule has 0 unspecified atom stereocenters. The largest absolute Gasteiger partial charge is 0.376 e. The van der Waals surface area contributed by atoms with E-state index in [0.717, 1.165) is 22.4 Å². The van der Waals surface area contributed by atoms with Crippen LogP contribution < -0.4 is 10.7 Å². The van der Waals surface area contributed by atoms with Crippen molar-refractivity contribution in [1.82, 2.24) is 5.43 Å². The second-order valence-corrected chi connectivity index (χ2v) is 6.31. The third-order valence-electron chi connectivity index (χ3n) is 4.19. The molecular weight excluding hydrogens is 346 g/mol. The lowest BCUT2D eigenvalue weighted by molar-refractivity contribution is -0.119. The topological polar surface area (TPSA) is 53.5 Å². The molecule has 0 saturated carbocycles. The molecule has 4 nitrogen and oxygen atoms in total. The van der Waals surface area contributed by atoms with Crippen LogP contribution in [0.25, 0.3) is 6.08 Å². The van der Waals surface area contributed by atoms with Crippen LogP contribution in [0.1, 0.15) is 16.7 Å². The normalized spacial score (nSPS) is 11.4. The minimum atomic E-state index is -0.204. The van der Waals surface area contributed by atoms with Crippen LogP contribution in [0.5, 0.6) is 0 Å². The lowest BCUT2D eigenvalue weighted by atomic mass is 10.1. The van der Waals surface area contributed by atoms with Crippen molar-refractivity contribution >= 4 is 23.4 Å². The average molecular weight is 369 g/mol. The summed E-state index contributed by atoms with van der Waals surface area (Å²) in [6.07, 6.45) is 3.88. The average Bonchev–Trinajstić information content (AvgIpc) is 2.74. The summed E-state index contributed by atoms with van der Waals surface area (Å²) in [5.41, 5.74) is 7.36. The highest BCUT2D eigenvalue weighted by atomic mass is 16.2. The highest BCUT2D eigenvalue weighted by Gasteiger charge is 2.04. The Kier molecular flexibility index (Phi) is 6.74. The Morgan fingerprint density at radius 1 is 0.893 bits per heavy atom. The van der Waals surface area contributed by atoms with Crippen LogP contribution in [0, 0.1) is 6.92 Å². The maximum atomic E-state index is 12.2. The Morgan fingerprint density at radius 3 is 2.25 bits per heavy atom. The van der Waals surface area contributed by atoms with E-state index in [1.165, 1.54) is 0 Å². The number of carbonyl (C=O) groups is 1. The van der Waals surface area contributed by atoms with Gasteiger partial charge in [-0.25, -0.2) is 5.43 Å². The fourth-order valence-corrected chi connectivity index (χ4v) is 2.66. The first-order valence-corrected chi connectivity index (χ1v) is 9.17.